The number of hydrogen-bond acceptors (Lipinski definition) is 8. The average molecular weight is 747 g/mol. The molecule has 13 heteroatoms. The lowest BCUT2D eigenvalue weighted by atomic mass is 9.70. The zero-order valence-corrected chi connectivity index (χ0v) is 33.5. The number of rotatable bonds is 12. The predicted molar refractivity (Wildman–Crippen MR) is 209 cm³/mol. The highest BCUT2D eigenvalue weighted by molar-refractivity contribution is 6.56. The Balaban J connectivity index is 1.43. The smallest absolute Gasteiger partial charge is 0.491 e. The van der Waals surface area contributed by atoms with E-state index in [0.717, 1.165) is 41.4 Å². The Bertz CT molecular complexity index is 1840. The molecule has 2 aliphatic rings. The first kappa shape index (κ1) is 41.0. The maximum Gasteiger partial charge on any atom is 0.491 e. The Morgan fingerprint density at radius 1 is 1.04 bits per heavy atom. The second kappa shape index (κ2) is 16.7. The molecule has 11 nitrogen and oxygen atoms in total. The van der Waals surface area contributed by atoms with Crippen molar-refractivity contribution in [2.45, 2.75) is 104 Å². The van der Waals surface area contributed by atoms with Gasteiger partial charge >= 0.3 is 13.2 Å². The van der Waals surface area contributed by atoms with E-state index in [4.69, 9.17) is 23.5 Å². The molecule has 0 spiro atoms. The largest absolute Gasteiger partial charge is 0.492 e. The summed E-state index contributed by atoms with van der Waals surface area (Å²) in [6.07, 6.45) is 5.67. The van der Waals surface area contributed by atoms with E-state index in [1.54, 1.807) is 45.6 Å². The SMILES string of the molecule is CC/C(B1OC(C)(C)C(C)(C)O1)=C(/c1ccc(OCCN(C/C=C/C(=O)N(C)C)C(=O)OC(C)(C)C)cc1)c1ccc2c(c1)c(F)nn2C1CCCCO1. The highest BCUT2D eigenvalue weighted by atomic mass is 19.1. The summed E-state index contributed by atoms with van der Waals surface area (Å²) in [7, 11) is 2.71. The van der Waals surface area contributed by atoms with Crippen LogP contribution < -0.4 is 4.74 Å². The Labute approximate surface area is 319 Å². The van der Waals surface area contributed by atoms with Crippen LogP contribution in [-0.2, 0) is 23.6 Å². The van der Waals surface area contributed by atoms with Crippen molar-refractivity contribution in [1.29, 1.82) is 0 Å². The van der Waals surface area contributed by atoms with Crippen LogP contribution in [0, 0.1) is 5.95 Å². The van der Waals surface area contributed by atoms with Crippen molar-refractivity contribution in [2.24, 2.45) is 0 Å². The molecule has 1 unspecified atom stereocenters. The Morgan fingerprint density at radius 2 is 1.70 bits per heavy atom. The van der Waals surface area contributed by atoms with Crippen molar-refractivity contribution in [3.63, 3.8) is 0 Å². The van der Waals surface area contributed by atoms with Crippen LogP contribution in [0.2, 0.25) is 0 Å². The third kappa shape index (κ3) is 9.53. The third-order valence-electron chi connectivity index (χ3n) is 10.1. The second-order valence-electron chi connectivity index (χ2n) is 16.1. The van der Waals surface area contributed by atoms with Crippen LogP contribution in [0.5, 0.6) is 5.75 Å². The number of nitrogens with zero attached hydrogens (tertiary/aromatic N) is 4. The van der Waals surface area contributed by atoms with E-state index in [-0.39, 0.29) is 31.8 Å². The number of carbonyl (C=O) groups is 2. The summed E-state index contributed by atoms with van der Waals surface area (Å²) in [6.45, 7) is 16.8. The summed E-state index contributed by atoms with van der Waals surface area (Å²) in [5.41, 5.74) is 2.38. The number of aromatic nitrogens is 2. The minimum Gasteiger partial charge on any atom is -0.492 e. The molecule has 54 heavy (non-hydrogen) atoms. The molecule has 1 aromatic heterocycles. The van der Waals surface area contributed by atoms with Gasteiger partial charge in [-0.2, -0.15) is 4.39 Å². The summed E-state index contributed by atoms with van der Waals surface area (Å²) in [5.74, 6) is -0.120. The van der Waals surface area contributed by atoms with Gasteiger partial charge in [-0.3, -0.25) is 4.79 Å². The summed E-state index contributed by atoms with van der Waals surface area (Å²) in [4.78, 5) is 28.0. The van der Waals surface area contributed by atoms with Gasteiger partial charge < -0.3 is 33.3 Å². The quantitative estimate of drug-likeness (QED) is 0.136. The maximum atomic E-state index is 15.6. The van der Waals surface area contributed by atoms with Gasteiger partial charge in [-0.05, 0) is 121 Å². The van der Waals surface area contributed by atoms with E-state index in [2.05, 4.69) is 12.0 Å². The van der Waals surface area contributed by atoms with Gasteiger partial charge in [0, 0.05) is 33.3 Å². The number of amides is 2. The third-order valence-corrected chi connectivity index (χ3v) is 10.1. The molecule has 2 amide bonds. The van der Waals surface area contributed by atoms with Gasteiger partial charge in [0.15, 0.2) is 6.23 Å². The molecule has 292 valence electrons. The van der Waals surface area contributed by atoms with E-state index in [1.807, 2.05) is 70.2 Å². The molecule has 0 aliphatic carbocycles. The van der Waals surface area contributed by atoms with Crippen LogP contribution in [0.15, 0.2) is 60.1 Å². The lowest BCUT2D eigenvalue weighted by molar-refractivity contribution is -0.123. The van der Waals surface area contributed by atoms with Crippen molar-refractivity contribution in [1.82, 2.24) is 19.6 Å². The maximum absolute atomic E-state index is 15.6. The number of benzene rings is 2. The van der Waals surface area contributed by atoms with Crippen LogP contribution in [0.4, 0.5) is 9.18 Å². The molecule has 3 heterocycles. The summed E-state index contributed by atoms with van der Waals surface area (Å²) in [6, 6.07) is 13.4. The van der Waals surface area contributed by atoms with Crippen molar-refractivity contribution in [3.8, 4) is 5.75 Å². The van der Waals surface area contributed by atoms with Gasteiger partial charge in [0.05, 0.1) is 28.6 Å². The molecule has 1 atom stereocenters. The molecule has 3 aromatic rings. The Kier molecular flexibility index (Phi) is 12.6. The molecule has 2 aliphatic heterocycles. The predicted octanol–water partition coefficient (Wildman–Crippen LogP) is 7.98. The minimum absolute atomic E-state index is 0.178. The molecule has 2 fully saturated rings. The first-order chi connectivity index (χ1) is 25.4. The van der Waals surface area contributed by atoms with Gasteiger partial charge in [0.25, 0.3) is 0 Å². The highest BCUT2D eigenvalue weighted by Gasteiger charge is 2.52. The molecule has 0 bridgehead atoms. The highest BCUT2D eigenvalue weighted by Crippen LogP contribution is 2.42. The lowest BCUT2D eigenvalue weighted by Gasteiger charge is -2.32. The van der Waals surface area contributed by atoms with E-state index in [9.17, 15) is 9.59 Å². The minimum atomic E-state index is -0.682. The second-order valence-corrected chi connectivity index (χ2v) is 16.1. The van der Waals surface area contributed by atoms with Crippen molar-refractivity contribution in [3.05, 3.63) is 77.2 Å². The Hall–Kier alpha value is -4.20. The first-order valence-electron chi connectivity index (χ1n) is 18.9. The van der Waals surface area contributed by atoms with Crippen LogP contribution in [-0.4, -0.2) is 95.9 Å². The van der Waals surface area contributed by atoms with Gasteiger partial charge in [0.2, 0.25) is 11.9 Å². The van der Waals surface area contributed by atoms with Gasteiger partial charge in [-0.1, -0.05) is 31.2 Å². The topological polar surface area (TPSA) is 105 Å². The van der Waals surface area contributed by atoms with Gasteiger partial charge in [-0.15, -0.1) is 5.10 Å². The molecule has 2 saturated heterocycles. The Morgan fingerprint density at radius 3 is 2.30 bits per heavy atom. The standard InChI is InChI=1S/C41H56BFN4O7/c1-11-32(42-53-40(5,6)41(7,8)54-42)36(29-19-22-33-31(27-29)37(43)44-47(33)35-16-12-13-25-51-35)28-17-20-30(21-18-28)50-26-24-46(38(49)52-39(2,3)4)23-14-15-34(48)45(9)10/h14-15,17-22,27,35H,11-13,16,23-26H2,1-10H3/b15-14+,36-32+. The summed E-state index contributed by atoms with van der Waals surface area (Å²) in [5, 5.41) is 4.68. The van der Waals surface area contributed by atoms with Crippen molar-refractivity contribution >= 4 is 35.6 Å². The number of allylic oxidation sites excluding steroid dienone is 1. The molecule has 5 rings (SSSR count). The molecular weight excluding hydrogens is 690 g/mol. The number of fused-ring (bicyclic) bond motifs is 1. The van der Waals surface area contributed by atoms with E-state index < -0.39 is 36.0 Å². The average Bonchev–Trinajstić information content (AvgIpc) is 3.55. The summed E-state index contributed by atoms with van der Waals surface area (Å²) >= 11 is 0. The molecule has 0 saturated carbocycles. The lowest BCUT2D eigenvalue weighted by Crippen LogP contribution is -2.41. The fourth-order valence-corrected chi connectivity index (χ4v) is 6.38. The molecule has 0 N–H and O–H groups in total. The molecule has 0 radical (unpaired) electrons. The normalized spacial score (nSPS) is 18.9. The van der Waals surface area contributed by atoms with E-state index >= 15 is 4.39 Å². The fraction of sp³-hybridized carbons (Fsp3) is 0.537. The van der Waals surface area contributed by atoms with Crippen LogP contribution >= 0.6 is 0 Å². The zero-order chi connectivity index (χ0) is 39.4. The van der Waals surface area contributed by atoms with Crippen LogP contribution in [0.3, 0.4) is 0 Å². The van der Waals surface area contributed by atoms with Gasteiger partial charge in [-0.25, -0.2) is 9.48 Å². The number of ether oxygens (including phenoxy) is 3. The monoisotopic (exact) mass is 746 g/mol. The number of halogens is 1. The fourth-order valence-electron chi connectivity index (χ4n) is 6.38. The van der Waals surface area contributed by atoms with E-state index in [1.165, 1.54) is 15.9 Å². The summed E-state index contributed by atoms with van der Waals surface area (Å²) < 4.78 is 48.0. The number of carbonyl (C=O) groups excluding carboxylic acids is 2. The molecular formula is C41H56BFN4O7. The van der Waals surface area contributed by atoms with E-state index in [0.29, 0.717) is 29.7 Å². The van der Waals surface area contributed by atoms with Crippen LogP contribution in [0.25, 0.3) is 16.5 Å². The first-order valence-corrected chi connectivity index (χ1v) is 18.9. The zero-order valence-electron chi connectivity index (χ0n) is 33.5. The molecule has 2 aromatic carbocycles. The number of likely N-dealkylation sites (N-methyl/N-ethyl adjacent to an activating group) is 1. The van der Waals surface area contributed by atoms with Crippen LogP contribution in [0.1, 0.15) is 98.4 Å². The van der Waals surface area contributed by atoms with Crippen molar-refractivity contribution in [2.75, 3.05) is 40.4 Å². The van der Waals surface area contributed by atoms with Crippen molar-refractivity contribution < 1.29 is 37.5 Å². The van der Waals surface area contributed by atoms with Gasteiger partial charge in [0.1, 0.15) is 18.0 Å². The number of hydrogen-bond donors (Lipinski definition) is 0.